The number of carbonyl (C=O) groups excluding carboxylic acids is 2. The molecule has 1 atom stereocenters. The number of hydrogen-bond acceptors (Lipinski definition) is 5. The molecule has 0 aromatic heterocycles. The molecule has 0 aliphatic carbocycles. The number of rotatable bonds is 5. The average Bonchev–Trinajstić information content (AvgIpc) is 3.14. The first-order chi connectivity index (χ1) is 9.19. The van der Waals surface area contributed by atoms with Crippen molar-refractivity contribution >= 4 is 11.9 Å². The van der Waals surface area contributed by atoms with Crippen LogP contribution in [0.4, 0.5) is 0 Å². The van der Waals surface area contributed by atoms with Crippen LogP contribution in [0, 0.1) is 0 Å². The van der Waals surface area contributed by atoms with Crippen molar-refractivity contribution in [3.63, 3.8) is 0 Å². The molecule has 1 heterocycles. The van der Waals surface area contributed by atoms with Crippen molar-refractivity contribution in [2.24, 2.45) is 0 Å². The van der Waals surface area contributed by atoms with Crippen molar-refractivity contribution in [3.05, 3.63) is 23.3 Å². The summed E-state index contributed by atoms with van der Waals surface area (Å²) < 4.78 is 15.2. The molecule has 0 aromatic carbocycles. The van der Waals surface area contributed by atoms with Gasteiger partial charge in [-0.05, 0) is 34.6 Å². The number of hydrogen-bond donors (Lipinski definition) is 0. The fourth-order valence-corrected chi connectivity index (χ4v) is 1.19. The highest BCUT2D eigenvalue weighted by atomic mass is 16.6. The largest absolute Gasteiger partial charge is 0.459 e. The van der Waals surface area contributed by atoms with E-state index in [1.54, 1.807) is 46.8 Å². The minimum Gasteiger partial charge on any atom is -0.459 e. The first kappa shape index (κ1) is 16.4. The Kier molecular flexibility index (Phi) is 5.51. The SMILES string of the molecule is C/C(=C\C=C(/C)C(=O)OC(C)(C)C)C(=O)OCC1CO1. The van der Waals surface area contributed by atoms with Crippen molar-refractivity contribution in [3.8, 4) is 0 Å². The third kappa shape index (κ3) is 6.52. The van der Waals surface area contributed by atoms with Gasteiger partial charge < -0.3 is 14.2 Å². The standard InChI is InChI=1S/C15H22O5/c1-10(13(16)19-9-12-8-18-12)6-7-11(2)14(17)20-15(3,4)5/h6-7,12H,8-9H2,1-5H3/b10-6+,11-7+. The Morgan fingerprint density at radius 3 is 2.10 bits per heavy atom. The van der Waals surface area contributed by atoms with E-state index in [0.717, 1.165) is 0 Å². The van der Waals surface area contributed by atoms with Gasteiger partial charge >= 0.3 is 11.9 Å². The molecule has 1 rings (SSSR count). The number of epoxide rings is 1. The third-order valence-electron chi connectivity index (χ3n) is 2.43. The summed E-state index contributed by atoms with van der Waals surface area (Å²) in [4.78, 5) is 23.3. The molecular weight excluding hydrogens is 260 g/mol. The normalized spacial score (nSPS) is 19.6. The van der Waals surface area contributed by atoms with E-state index < -0.39 is 17.5 Å². The smallest absolute Gasteiger partial charge is 0.334 e. The number of ether oxygens (including phenoxy) is 3. The predicted octanol–water partition coefficient (Wildman–Crippen LogP) is 2.16. The van der Waals surface area contributed by atoms with E-state index in [0.29, 0.717) is 17.8 Å². The fourth-order valence-electron chi connectivity index (χ4n) is 1.19. The number of allylic oxidation sites excluding steroid dienone is 2. The summed E-state index contributed by atoms with van der Waals surface area (Å²) in [6.07, 6.45) is 3.15. The van der Waals surface area contributed by atoms with Gasteiger partial charge in [0.15, 0.2) is 0 Å². The van der Waals surface area contributed by atoms with Gasteiger partial charge in [-0.15, -0.1) is 0 Å². The van der Waals surface area contributed by atoms with Gasteiger partial charge in [-0.1, -0.05) is 12.2 Å². The summed E-state index contributed by atoms with van der Waals surface area (Å²) in [7, 11) is 0. The highest BCUT2D eigenvalue weighted by molar-refractivity contribution is 5.90. The minimum atomic E-state index is -0.534. The predicted molar refractivity (Wildman–Crippen MR) is 74.1 cm³/mol. The fraction of sp³-hybridized carbons (Fsp3) is 0.600. The van der Waals surface area contributed by atoms with E-state index in [4.69, 9.17) is 14.2 Å². The van der Waals surface area contributed by atoms with Crippen LogP contribution in [0.15, 0.2) is 23.3 Å². The molecule has 20 heavy (non-hydrogen) atoms. The van der Waals surface area contributed by atoms with Crippen LogP contribution in [0.3, 0.4) is 0 Å². The Balaban J connectivity index is 2.51. The summed E-state index contributed by atoms with van der Waals surface area (Å²) in [6, 6.07) is 0. The zero-order valence-corrected chi connectivity index (χ0v) is 12.7. The van der Waals surface area contributed by atoms with Crippen LogP contribution in [-0.4, -0.2) is 36.9 Å². The highest BCUT2D eigenvalue weighted by Gasteiger charge is 2.24. The summed E-state index contributed by atoms with van der Waals surface area (Å²) in [5, 5.41) is 0. The lowest BCUT2D eigenvalue weighted by Crippen LogP contribution is -2.24. The highest BCUT2D eigenvalue weighted by Crippen LogP contribution is 2.12. The Morgan fingerprint density at radius 1 is 1.15 bits per heavy atom. The van der Waals surface area contributed by atoms with Gasteiger partial charge in [0.1, 0.15) is 18.3 Å². The van der Waals surface area contributed by atoms with Crippen molar-refractivity contribution in [2.75, 3.05) is 13.2 Å². The number of carbonyl (C=O) groups is 2. The van der Waals surface area contributed by atoms with E-state index in [1.807, 2.05) is 0 Å². The maximum absolute atomic E-state index is 11.7. The van der Waals surface area contributed by atoms with Crippen LogP contribution in [0.25, 0.3) is 0 Å². The van der Waals surface area contributed by atoms with Gasteiger partial charge in [-0.3, -0.25) is 0 Å². The molecule has 0 aromatic rings. The van der Waals surface area contributed by atoms with Gasteiger partial charge in [-0.25, -0.2) is 9.59 Å². The second-order valence-electron chi connectivity index (χ2n) is 5.76. The zero-order chi connectivity index (χ0) is 15.3. The van der Waals surface area contributed by atoms with E-state index in [1.165, 1.54) is 0 Å². The van der Waals surface area contributed by atoms with Crippen LogP contribution >= 0.6 is 0 Å². The summed E-state index contributed by atoms with van der Waals surface area (Å²) >= 11 is 0. The molecule has 1 saturated heterocycles. The lowest BCUT2D eigenvalue weighted by molar-refractivity contribution is -0.149. The second kappa shape index (κ2) is 6.70. The molecule has 1 unspecified atom stereocenters. The molecule has 1 fully saturated rings. The van der Waals surface area contributed by atoms with Crippen molar-refractivity contribution in [1.29, 1.82) is 0 Å². The van der Waals surface area contributed by atoms with E-state index in [2.05, 4.69) is 0 Å². The van der Waals surface area contributed by atoms with Crippen LogP contribution in [0.5, 0.6) is 0 Å². The Bertz CT molecular complexity index is 436. The van der Waals surface area contributed by atoms with Crippen LogP contribution < -0.4 is 0 Å². The molecule has 1 aliphatic rings. The summed E-state index contributed by atoms with van der Waals surface area (Å²) in [5.74, 6) is -0.810. The number of esters is 2. The van der Waals surface area contributed by atoms with Gasteiger partial charge in [0.05, 0.1) is 6.61 Å². The van der Waals surface area contributed by atoms with E-state index in [9.17, 15) is 9.59 Å². The van der Waals surface area contributed by atoms with Crippen LogP contribution in [0.1, 0.15) is 34.6 Å². The molecule has 1 aliphatic heterocycles. The van der Waals surface area contributed by atoms with E-state index >= 15 is 0 Å². The molecule has 0 saturated carbocycles. The quantitative estimate of drug-likeness (QED) is 0.334. The average molecular weight is 282 g/mol. The van der Waals surface area contributed by atoms with Crippen molar-refractivity contribution < 1.29 is 23.8 Å². The maximum Gasteiger partial charge on any atom is 0.334 e. The Morgan fingerprint density at radius 2 is 1.65 bits per heavy atom. The van der Waals surface area contributed by atoms with Gasteiger partial charge in [0, 0.05) is 11.1 Å². The maximum atomic E-state index is 11.7. The lowest BCUT2D eigenvalue weighted by Gasteiger charge is -2.19. The van der Waals surface area contributed by atoms with Gasteiger partial charge in [-0.2, -0.15) is 0 Å². The second-order valence-corrected chi connectivity index (χ2v) is 5.76. The first-order valence-electron chi connectivity index (χ1n) is 6.56. The summed E-state index contributed by atoms with van der Waals surface area (Å²) in [5.41, 5.74) is 0.319. The molecular formula is C15H22O5. The van der Waals surface area contributed by atoms with Crippen molar-refractivity contribution in [1.82, 2.24) is 0 Å². The molecule has 0 amide bonds. The monoisotopic (exact) mass is 282 g/mol. The van der Waals surface area contributed by atoms with Crippen LogP contribution in [0.2, 0.25) is 0 Å². The Labute approximate surface area is 119 Å². The third-order valence-corrected chi connectivity index (χ3v) is 2.43. The van der Waals surface area contributed by atoms with E-state index in [-0.39, 0.29) is 12.7 Å². The van der Waals surface area contributed by atoms with Crippen molar-refractivity contribution in [2.45, 2.75) is 46.3 Å². The zero-order valence-electron chi connectivity index (χ0n) is 12.7. The molecule has 0 radical (unpaired) electrons. The molecule has 0 spiro atoms. The molecule has 112 valence electrons. The lowest BCUT2D eigenvalue weighted by atomic mass is 10.2. The minimum absolute atomic E-state index is 0.0470. The van der Waals surface area contributed by atoms with Gasteiger partial charge in [0.25, 0.3) is 0 Å². The van der Waals surface area contributed by atoms with Crippen LogP contribution in [-0.2, 0) is 23.8 Å². The molecule has 0 N–H and O–H groups in total. The molecule has 0 bridgehead atoms. The van der Waals surface area contributed by atoms with Gasteiger partial charge in [0.2, 0.25) is 0 Å². The summed E-state index contributed by atoms with van der Waals surface area (Å²) in [6.45, 7) is 9.60. The first-order valence-corrected chi connectivity index (χ1v) is 6.56. The Hall–Kier alpha value is -1.62. The topological polar surface area (TPSA) is 65.1 Å². The molecule has 5 heteroatoms. The molecule has 5 nitrogen and oxygen atoms in total.